The second-order valence-corrected chi connectivity index (χ2v) is 4.69. The van der Waals surface area contributed by atoms with Gasteiger partial charge in [0, 0.05) is 12.6 Å². The van der Waals surface area contributed by atoms with E-state index in [1.807, 2.05) is 0 Å². The molecule has 1 aromatic rings. The van der Waals surface area contributed by atoms with Crippen LogP contribution in [0.3, 0.4) is 0 Å². The third kappa shape index (κ3) is 3.14. The fourth-order valence-corrected chi connectivity index (χ4v) is 2.13. The van der Waals surface area contributed by atoms with E-state index < -0.39 is 0 Å². The molecule has 1 aliphatic rings. The summed E-state index contributed by atoms with van der Waals surface area (Å²) in [5.41, 5.74) is 1.31. The van der Waals surface area contributed by atoms with Gasteiger partial charge in [-0.3, -0.25) is 4.79 Å². The molecule has 0 amide bonds. The highest BCUT2D eigenvalue weighted by molar-refractivity contribution is 5.94. The van der Waals surface area contributed by atoms with Gasteiger partial charge in [0.2, 0.25) is 0 Å². The van der Waals surface area contributed by atoms with Gasteiger partial charge in [-0.05, 0) is 39.9 Å². The first-order valence-corrected chi connectivity index (χ1v) is 6.03. The van der Waals surface area contributed by atoms with Gasteiger partial charge in [-0.15, -0.1) is 0 Å². The van der Waals surface area contributed by atoms with Crippen LogP contribution in [0.5, 0.6) is 0 Å². The van der Waals surface area contributed by atoms with Gasteiger partial charge in [0.1, 0.15) is 12.0 Å². The van der Waals surface area contributed by atoms with E-state index in [4.69, 9.17) is 4.52 Å². The molecule has 5 heteroatoms. The number of Topliss-reactive ketones (excluding diaryl/α,β-unsaturated/α-hetero) is 1. The van der Waals surface area contributed by atoms with Crippen LogP contribution < -0.4 is 5.32 Å². The Hall–Kier alpha value is -1.20. The van der Waals surface area contributed by atoms with Crippen LogP contribution in [0.25, 0.3) is 0 Å². The molecule has 5 nitrogen and oxygen atoms in total. The van der Waals surface area contributed by atoms with Crippen molar-refractivity contribution < 1.29 is 9.32 Å². The van der Waals surface area contributed by atoms with Crippen LogP contribution in [-0.4, -0.2) is 42.0 Å². The topological polar surface area (TPSA) is 58.4 Å². The van der Waals surface area contributed by atoms with Crippen LogP contribution in [0.1, 0.15) is 35.8 Å². The molecule has 1 N–H and O–H groups in total. The van der Waals surface area contributed by atoms with Gasteiger partial charge >= 0.3 is 0 Å². The molecule has 1 saturated heterocycles. The Balaban J connectivity index is 1.85. The minimum absolute atomic E-state index is 0.00595. The molecule has 0 unspecified atom stereocenters. The molecule has 1 aliphatic heterocycles. The SMILES string of the molecule is CC(=O)c1conc1CNC1CCN(C)CC1. The average Bonchev–Trinajstić information content (AvgIpc) is 2.76. The summed E-state index contributed by atoms with van der Waals surface area (Å²) in [6.45, 7) is 4.39. The highest BCUT2D eigenvalue weighted by Gasteiger charge is 2.18. The van der Waals surface area contributed by atoms with Crippen molar-refractivity contribution in [2.45, 2.75) is 32.4 Å². The number of hydrogen-bond acceptors (Lipinski definition) is 5. The molecule has 2 heterocycles. The van der Waals surface area contributed by atoms with Crippen molar-refractivity contribution in [1.29, 1.82) is 0 Å². The molecular weight excluding hydrogens is 218 g/mol. The second-order valence-electron chi connectivity index (χ2n) is 4.69. The zero-order chi connectivity index (χ0) is 12.3. The van der Waals surface area contributed by atoms with Crippen molar-refractivity contribution in [1.82, 2.24) is 15.4 Å². The summed E-state index contributed by atoms with van der Waals surface area (Å²) < 4.78 is 4.84. The number of likely N-dealkylation sites (tertiary alicyclic amines) is 1. The summed E-state index contributed by atoms with van der Waals surface area (Å²) in [7, 11) is 2.14. The zero-order valence-electron chi connectivity index (χ0n) is 10.4. The fourth-order valence-electron chi connectivity index (χ4n) is 2.13. The predicted molar refractivity (Wildman–Crippen MR) is 63.9 cm³/mol. The van der Waals surface area contributed by atoms with E-state index in [0.717, 1.165) is 31.6 Å². The highest BCUT2D eigenvalue weighted by Crippen LogP contribution is 2.11. The first-order valence-electron chi connectivity index (χ1n) is 6.03. The number of nitrogens with one attached hydrogen (secondary N) is 1. The van der Waals surface area contributed by atoms with Crippen LogP contribution in [0.4, 0.5) is 0 Å². The lowest BCUT2D eigenvalue weighted by Gasteiger charge is -2.29. The van der Waals surface area contributed by atoms with E-state index in [-0.39, 0.29) is 5.78 Å². The maximum Gasteiger partial charge on any atom is 0.165 e. The number of piperidine rings is 1. The van der Waals surface area contributed by atoms with Gasteiger partial charge in [-0.25, -0.2) is 0 Å². The predicted octanol–water partition coefficient (Wildman–Crippen LogP) is 1.06. The molecule has 0 saturated carbocycles. The van der Waals surface area contributed by atoms with Crippen molar-refractivity contribution >= 4 is 5.78 Å². The van der Waals surface area contributed by atoms with Crippen molar-refractivity contribution in [2.24, 2.45) is 0 Å². The number of aromatic nitrogens is 1. The molecule has 94 valence electrons. The number of rotatable bonds is 4. The number of ketones is 1. The van der Waals surface area contributed by atoms with Gasteiger partial charge in [0.05, 0.1) is 5.56 Å². The molecule has 0 aromatic carbocycles. The Labute approximate surface area is 101 Å². The molecule has 17 heavy (non-hydrogen) atoms. The normalized spacial score (nSPS) is 18.5. The highest BCUT2D eigenvalue weighted by atomic mass is 16.5. The summed E-state index contributed by atoms with van der Waals surface area (Å²) >= 11 is 0. The summed E-state index contributed by atoms with van der Waals surface area (Å²) in [5.74, 6) is 0.00595. The molecule has 0 aliphatic carbocycles. The van der Waals surface area contributed by atoms with Crippen LogP contribution in [-0.2, 0) is 6.54 Å². The van der Waals surface area contributed by atoms with E-state index in [1.165, 1.54) is 13.2 Å². The van der Waals surface area contributed by atoms with E-state index in [1.54, 1.807) is 0 Å². The van der Waals surface area contributed by atoms with Crippen LogP contribution in [0.15, 0.2) is 10.8 Å². The summed E-state index contributed by atoms with van der Waals surface area (Å²) in [6, 6.07) is 0.516. The van der Waals surface area contributed by atoms with Crippen molar-refractivity contribution in [3.8, 4) is 0 Å². The summed E-state index contributed by atoms with van der Waals surface area (Å²) in [4.78, 5) is 13.6. The summed E-state index contributed by atoms with van der Waals surface area (Å²) in [5, 5.41) is 7.31. The molecule has 0 spiro atoms. The largest absolute Gasteiger partial charge is 0.364 e. The Morgan fingerprint density at radius 3 is 2.94 bits per heavy atom. The number of carbonyl (C=O) groups excluding carboxylic acids is 1. The Morgan fingerprint density at radius 1 is 1.59 bits per heavy atom. The number of carbonyl (C=O) groups is 1. The van der Waals surface area contributed by atoms with Crippen molar-refractivity contribution in [3.05, 3.63) is 17.5 Å². The molecule has 0 atom stereocenters. The maximum atomic E-state index is 11.3. The Kier molecular flexibility index (Phi) is 3.91. The lowest BCUT2D eigenvalue weighted by Crippen LogP contribution is -2.40. The third-order valence-electron chi connectivity index (χ3n) is 3.30. The molecule has 2 rings (SSSR count). The quantitative estimate of drug-likeness (QED) is 0.793. The summed E-state index contributed by atoms with van der Waals surface area (Å²) in [6.07, 6.45) is 3.71. The van der Waals surface area contributed by atoms with Gasteiger partial charge in [-0.2, -0.15) is 0 Å². The molecular formula is C12H19N3O2. The minimum atomic E-state index is 0.00595. The van der Waals surface area contributed by atoms with Gasteiger partial charge in [0.25, 0.3) is 0 Å². The van der Waals surface area contributed by atoms with E-state index >= 15 is 0 Å². The first kappa shape index (κ1) is 12.3. The first-order chi connectivity index (χ1) is 8.16. The van der Waals surface area contributed by atoms with Crippen molar-refractivity contribution in [3.63, 3.8) is 0 Å². The molecule has 0 bridgehead atoms. The number of nitrogens with zero attached hydrogens (tertiary/aromatic N) is 2. The number of hydrogen-bond donors (Lipinski definition) is 1. The molecule has 0 radical (unpaired) electrons. The molecule has 1 aromatic heterocycles. The second kappa shape index (κ2) is 5.42. The standard InChI is InChI=1S/C12H19N3O2/c1-9(16)11-8-17-14-12(11)7-13-10-3-5-15(2)6-4-10/h8,10,13H,3-7H2,1-2H3. The monoisotopic (exact) mass is 237 g/mol. The lowest BCUT2D eigenvalue weighted by atomic mass is 10.1. The third-order valence-corrected chi connectivity index (χ3v) is 3.30. The Bertz CT molecular complexity index is 381. The van der Waals surface area contributed by atoms with E-state index in [9.17, 15) is 4.79 Å². The van der Waals surface area contributed by atoms with Crippen molar-refractivity contribution in [2.75, 3.05) is 20.1 Å². The minimum Gasteiger partial charge on any atom is -0.364 e. The smallest absolute Gasteiger partial charge is 0.165 e. The van der Waals surface area contributed by atoms with Crippen LogP contribution >= 0.6 is 0 Å². The average molecular weight is 237 g/mol. The van der Waals surface area contributed by atoms with Crippen LogP contribution in [0, 0.1) is 0 Å². The van der Waals surface area contributed by atoms with Crippen LogP contribution in [0.2, 0.25) is 0 Å². The zero-order valence-corrected chi connectivity index (χ0v) is 10.4. The van der Waals surface area contributed by atoms with E-state index in [0.29, 0.717) is 18.2 Å². The van der Waals surface area contributed by atoms with E-state index in [2.05, 4.69) is 22.4 Å². The maximum absolute atomic E-state index is 11.3. The van der Waals surface area contributed by atoms with Gasteiger partial charge in [0.15, 0.2) is 5.78 Å². The fraction of sp³-hybridized carbons (Fsp3) is 0.667. The van der Waals surface area contributed by atoms with Gasteiger partial charge in [-0.1, -0.05) is 5.16 Å². The Morgan fingerprint density at radius 2 is 2.29 bits per heavy atom. The lowest BCUT2D eigenvalue weighted by molar-refractivity contribution is 0.101. The molecule has 1 fully saturated rings. The van der Waals surface area contributed by atoms with Gasteiger partial charge < -0.3 is 14.7 Å².